The van der Waals surface area contributed by atoms with Crippen molar-refractivity contribution in [1.29, 1.82) is 0 Å². The Morgan fingerprint density at radius 2 is 0.966 bits per heavy atom. The van der Waals surface area contributed by atoms with Crippen LogP contribution in [0, 0.1) is 0 Å². The Morgan fingerprint density at radius 1 is 0.552 bits per heavy atom. The summed E-state index contributed by atoms with van der Waals surface area (Å²) in [5.74, 6) is 0.000554. The van der Waals surface area contributed by atoms with Crippen LogP contribution in [0.2, 0.25) is 0 Å². The molecule has 0 rings (SSSR count). The van der Waals surface area contributed by atoms with E-state index in [2.05, 4.69) is 19.2 Å². The molecule has 0 saturated carbocycles. The van der Waals surface area contributed by atoms with E-state index in [4.69, 9.17) is 4.74 Å². The summed E-state index contributed by atoms with van der Waals surface area (Å²) in [6.07, 6.45) is 25.2. The Hall–Kier alpha value is -0.570. The van der Waals surface area contributed by atoms with Crippen molar-refractivity contribution in [2.24, 2.45) is 0 Å². The van der Waals surface area contributed by atoms with E-state index in [1.54, 1.807) is 0 Å². The number of hydrogen-bond acceptors (Lipinski definition) is 3. The van der Waals surface area contributed by atoms with Crippen LogP contribution in [0.1, 0.15) is 142 Å². The molecule has 174 valence electrons. The topological polar surface area (TPSA) is 38.3 Å². The smallest absolute Gasteiger partial charge is 0.305 e. The molecule has 0 amide bonds. The lowest BCUT2D eigenvalue weighted by Gasteiger charge is -2.06. The molecule has 29 heavy (non-hydrogen) atoms. The van der Waals surface area contributed by atoms with E-state index in [0.717, 1.165) is 32.4 Å². The van der Waals surface area contributed by atoms with Gasteiger partial charge in [0.15, 0.2) is 0 Å². The van der Waals surface area contributed by atoms with Crippen LogP contribution in [0.3, 0.4) is 0 Å². The van der Waals surface area contributed by atoms with Crippen molar-refractivity contribution >= 4 is 5.97 Å². The van der Waals surface area contributed by atoms with Gasteiger partial charge in [0.1, 0.15) is 0 Å². The number of carbonyl (C=O) groups is 1. The van der Waals surface area contributed by atoms with Crippen LogP contribution in [0.5, 0.6) is 0 Å². The molecule has 0 bridgehead atoms. The van der Waals surface area contributed by atoms with Gasteiger partial charge in [-0.05, 0) is 38.8 Å². The van der Waals surface area contributed by atoms with Crippen molar-refractivity contribution in [2.75, 3.05) is 19.7 Å². The van der Waals surface area contributed by atoms with Crippen molar-refractivity contribution in [1.82, 2.24) is 5.32 Å². The van der Waals surface area contributed by atoms with Gasteiger partial charge in [-0.25, -0.2) is 0 Å². The van der Waals surface area contributed by atoms with E-state index in [1.165, 1.54) is 103 Å². The SMILES string of the molecule is CCCCCCCCCCCOC(=O)CCCCCNCCCCCCCCC. The zero-order valence-corrected chi connectivity index (χ0v) is 20.1. The summed E-state index contributed by atoms with van der Waals surface area (Å²) in [7, 11) is 0. The van der Waals surface area contributed by atoms with E-state index in [9.17, 15) is 4.79 Å². The molecule has 0 fully saturated rings. The number of esters is 1. The van der Waals surface area contributed by atoms with Crippen LogP contribution in [0.4, 0.5) is 0 Å². The molecule has 0 atom stereocenters. The van der Waals surface area contributed by atoms with Crippen molar-refractivity contribution in [3.05, 3.63) is 0 Å². The number of nitrogens with one attached hydrogen (secondary N) is 1. The van der Waals surface area contributed by atoms with Crippen molar-refractivity contribution in [3.8, 4) is 0 Å². The van der Waals surface area contributed by atoms with Crippen molar-refractivity contribution in [2.45, 2.75) is 142 Å². The van der Waals surface area contributed by atoms with Gasteiger partial charge in [-0.15, -0.1) is 0 Å². The molecule has 3 heteroatoms. The zero-order chi connectivity index (χ0) is 21.3. The van der Waals surface area contributed by atoms with E-state index in [0.29, 0.717) is 13.0 Å². The fourth-order valence-corrected chi connectivity index (χ4v) is 3.70. The molecule has 0 saturated heterocycles. The van der Waals surface area contributed by atoms with Crippen LogP contribution < -0.4 is 5.32 Å². The van der Waals surface area contributed by atoms with Crippen LogP contribution in [0.15, 0.2) is 0 Å². The summed E-state index contributed by atoms with van der Waals surface area (Å²) in [4.78, 5) is 11.7. The lowest BCUT2D eigenvalue weighted by atomic mass is 10.1. The monoisotopic (exact) mass is 411 g/mol. The molecule has 0 radical (unpaired) electrons. The van der Waals surface area contributed by atoms with E-state index < -0.39 is 0 Å². The molecule has 1 N–H and O–H groups in total. The summed E-state index contributed by atoms with van der Waals surface area (Å²) in [5.41, 5.74) is 0. The van der Waals surface area contributed by atoms with E-state index in [1.807, 2.05) is 0 Å². The summed E-state index contributed by atoms with van der Waals surface area (Å²) >= 11 is 0. The van der Waals surface area contributed by atoms with Gasteiger partial charge >= 0.3 is 5.97 Å². The minimum Gasteiger partial charge on any atom is -0.466 e. The van der Waals surface area contributed by atoms with Crippen LogP contribution in [-0.4, -0.2) is 25.7 Å². The third-order valence-corrected chi connectivity index (χ3v) is 5.70. The Kier molecular flexibility index (Phi) is 25.0. The minimum absolute atomic E-state index is 0.000554. The van der Waals surface area contributed by atoms with Gasteiger partial charge < -0.3 is 10.1 Å². The maximum atomic E-state index is 11.7. The maximum absolute atomic E-state index is 11.7. The maximum Gasteiger partial charge on any atom is 0.305 e. The predicted octanol–water partition coefficient (Wildman–Crippen LogP) is 7.96. The Bertz CT molecular complexity index is 320. The molecule has 3 nitrogen and oxygen atoms in total. The normalized spacial score (nSPS) is 11.1. The first-order chi connectivity index (χ1) is 14.3. The van der Waals surface area contributed by atoms with Crippen molar-refractivity contribution < 1.29 is 9.53 Å². The summed E-state index contributed by atoms with van der Waals surface area (Å²) in [5, 5.41) is 3.53. The molecule has 0 unspecified atom stereocenters. The Morgan fingerprint density at radius 3 is 1.48 bits per heavy atom. The summed E-state index contributed by atoms with van der Waals surface area (Å²) < 4.78 is 5.35. The second-order valence-corrected chi connectivity index (χ2v) is 8.73. The van der Waals surface area contributed by atoms with Crippen LogP contribution >= 0.6 is 0 Å². The Balaban J connectivity index is 3.13. The molecule has 0 spiro atoms. The number of rotatable bonds is 24. The average molecular weight is 412 g/mol. The fraction of sp³-hybridized carbons (Fsp3) is 0.962. The molecule has 0 aliphatic carbocycles. The number of unbranched alkanes of at least 4 members (excludes halogenated alkanes) is 16. The fourth-order valence-electron chi connectivity index (χ4n) is 3.70. The van der Waals surface area contributed by atoms with Gasteiger partial charge in [0, 0.05) is 6.42 Å². The third-order valence-electron chi connectivity index (χ3n) is 5.70. The predicted molar refractivity (Wildman–Crippen MR) is 128 cm³/mol. The van der Waals surface area contributed by atoms with Gasteiger partial charge in [-0.3, -0.25) is 4.79 Å². The van der Waals surface area contributed by atoms with Crippen LogP contribution in [-0.2, 0) is 9.53 Å². The molecule has 0 aliphatic rings. The lowest BCUT2D eigenvalue weighted by Crippen LogP contribution is -2.16. The van der Waals surface area contributed by atoms with Gasteiger partial charge in [0.05, 0.1) is 6.61 Å². The molecular weight excluding hydrogens is 358 g/mol. The average Bonchev–Trinajstić information content (AvgIpc) is 2.72. The first-order valence-electron chi connectivity index (χ1n) is 13.2. The standard InChI is InChI=1S/C26H53NO2/c1-3-5-7-9-11-12-14-16-21-25-29-26(28)22-18-17-20-24-27-23-19-15-13-10-8-6-4-2/h27H,3-25H2,1-2H3. The second kappa shape index (κ2) is 25.5. The molecule has 0 heterocycles. The molecule has 0 aliphatic heterocycles. The molecule has 0 aromatic heterocycles. The first-order valence-corrected chi connectivity index (χ1v) is 13.2. The first kappa shape index (κ1) is 28.4. The highest BCUT2D eigenvalue weighted by Gasteiger charge is 2.02. The van der Waals surface area contributed by atoms with Gasteiger partial charge in [-0.1, -0.05) is 110 Å². The van der Waals surface area contributed by atoms with Gasteiger partial charge in [0.2, 0.25) is 0 Å². The molecular formula is C26H53NO2. The van der Waals surface area contributed by atoms with Crippen LogP contribution in [0.25, 0.3) is 0 Å². The number of hydrogen-bond donors (Lipinski definition) is 1. The summed E-state index contributed by atoms with van der Waals surface area (Å²) in [6.45, 7) is 7.38. The lowest BCUT2D eigenvalue weighted by molar-refractivity contribution is -0.143. The van der Waals surface area contributed by atoms with Crippen molar-refractivity contribution in [3.63, 3.8) is 0 Å². The molecule has 0 aromatic carbocycles. The highest BCUT2D eigenvalue weighted by atomic mass is 16.5. The number of ether oxygens (including phenoxy) is 1. The minimum atomic E-state index is 0.000554. The Labute approximate surface area is 183 Å². The quantitative estimate of drug-likeness (QED) is 0.129. The van der Waals surface area contributed by atoms with E-state index >= 15 is 0 Å². The highest BCUT2D eigenvalue weighted by molar-refractivity contribution is 5.69. The van der Waals surface area contributed by atoms with E-state index in [-0.39, 0.29) is 5.97 Å². The highest BCUT2D eigenvalue weighted by Crippen LogP contribution is 2.10. The second-order valence-electron chi connectivity index (χ2n) is 8.73. The largest absolute Gasteiger partial charge is 0.466 e. The third kappa shape index (κ3) is 25.4. The number of carbonyl (C=O) groups excluding carboxylic acids is 1. The van der Waals surface area contributed by atoms with Gasteiger partial charge in [0.25, 0.3) is 0 Å². The summed E-state index contributed by atoms with van der Waals surface area (Å²) in [6, 6.07) is 0. The zero-order valence-electron chi connectivity index (χ0n) is 20.1. The molecule has 0 aromatic rings. The van der Waals surface area contributed by atoms with Gasteiger partial charge in [-0.2, -0.15) is 0 Å².